The van der Waals surface area contributed by atoms with Crippen LogP contribution in [0.2, 0.25) is 0 Å². The minimum absolute atomic E-state index is 0.539. The van der Waals surface area contributed by atoms with Gasteiger partial charge in [0.05, 0.1) is 7.11 Å². The maximum absolute atomic E-state index is 11.1. The summed E-state index contributed by atoms with van der Waals surface area (Å²) in [5.74, 6) is 0. The summed E-state index contributed by atoms with van der Waals surface area (Å²) in [4.78, 5) is 27.6. The molecule has 2 amide bonds. The van der Waals surface area contributed by atoms with E-state index < -0.39 is 12.2 Å². The van der Waals surface area contributed by atoms with E-state index in [1.807, 2.05) is 5.48 Å². The zero-order chi connectivity index (χ0) is 9.68. The summed E-state index contributed by atoms with van der Waals surface area (Å²) in [5.41, 5.74) is 1.86. The first kappa shape index (κ1) is 9.63. The highest BCUT2D eigenvalue weighted by molar-refractivity contribution is 5.72. The molecule has 1 rings (SSSR count). The highest BCUT2D eigenvalue weighted by Gasteiger charge is 2.20. The summed E-state index contributed by atoms with van der Waals surface area (Å²) >= 11 is 0. The van der Waals surface area contributed by atoms with Crippen molar-refractivity contribution in [2.45, 2.75) is 12.8 Å². The molecule has 1 aliphatic heterocycles. The summed E-state index contributed by atoms with van der Waals surface area (Å²) in [6, 6.07) is 0. The molecule has 1 aliphatic rings. The van der Waals surface area contributed by atoms with Crippen LogP contribution in [-0.4, -0.2) is 37.3 Å². The average Bonchev–Trinajstić information content (AvgIpc) is 2.66. The van der Waals surface area contributed by atoms with Crippen LogP contribution in [0.15, 0.2) is 0 Å². The number of nitrogens with zero attached hydrogens (tertiary/aromatic N) is 1. The molecule has 0 spiro atoms. The number of nitrogens with one attached hydrogen (secondary N) is 1. The summed E-state index contributed by atoms with van der Waals surface area (Å²) in [6.45, 7) is 1.36. The average molecular weight is 188 g/mol. The van der Waals surface area contributed by atoms with Crippen molar-refractivity contribution in [3.8, 4) is 0 Å². The van der Waals surface area contributed by atoms with Gasteiger partial charge in [0.2, 0.25) is 0 Å². The third kappa shape index (κ3) is 2.81. The Hall–Kier alpha value is -1.46. The molecule has 0 aliphatic carbocycles. The molecule has 6 nitrogen and oxygen atoms in total. The predicted octanol–water partition coefficient (Wildman–Crippen LogP) is 0.490. The maximum Gasteiger partial charge on any atom is 0.440 e. The second-order valence-corrected chi connectivity index (χ2v) is 2.66. The van der Waals surface area contributed by atoms with Crippen molar-refractivity contribution in [2.75, 3.05) is 20.2 Å². The molecule has 74 valence electrons. The Morgan fingerprint density at radius 3 is 2.46 bits per heavy atom. The van der Waals surface area contributed by atoms with E-state index in [0.29, 0.717) is 13.1 Å². The highest BCUT2D eigenvalue weighted by Crippen LogP contribution is 2.07. The molecule has 1 saturated heterocycles. The van der Waals surface area contributed by atoms with Gasteiger partial charge in [0, 0.05) is 13.1 Å². The maximum atomic E-state index is 11.1. The number of likely N-dealkylation sites (tertiary alicyclic amines) is 1. The largest absolute Gasteiger partial charge is 0.451 e. The summed E-state index contributed by atoms with van der Waals surface area (Å²) in [7, 11) is 1.19. The van der Waals surface area contributed by atoms with E-state index >= 15 is 0 Å². The van der Waals surface area contributed by atoms with E-state index in [4.69, 9.17) is 0 Å². The van der Waals surface area contributed by atoms with Crippen LogP contribution >= 0.6 is 0 Å². The molecule has 1 heterocycles. The fourth-order valence-corrected chi connectivity index (χ4v) is 1.09. The van der Waals surface area contributed by atoms with Crippen molar-refractivity contribution >= 4 is 12.2 Å². The molecule has 0 atom stereocenters. The molecular formula is C7H12N2O4. The second-order valence-electron chi connectivity index (χ2n) is 2.66. The number of rotatable bonds is 0. The van der Waals surface area contributed by atoms with Crippen LogP contribution in [0.3, 0.4) is 0 Å². The number of carbonyl (C=O) groups excluding carboxylic acids is 2. The minimum atomic E-state index is -0.785. The number of hydrogen-bond donors (Lipinski definition) is 1. The molecule has 0 bridgehead atoms. The third-order valence-electron chi connectivity index (χ3n) is 1.77. The van der Waals surface area contributed by atoms with Crippen LogP contribution in [0.5, 0.6) is 0 Å². The summed E-state index contributed by atoms with van der Waals surface area (Å²) < 4.78 is 4.22. The highest BCUT2D eigenvalue weighted by atomic mass is 16.7. The zero-order valence-corrected chi connectivity index (χ0v) is 7.41. The van der Waals surface area contributed by atoms with E-state index in [0.717, 1.165) is 12.8 Å². The third-order valence-corrected chi connectivity index (χ3v) is 1.77. The Bertz CT molecular complexity index is 201. The van der Waals surface area contributed by atoms with E-state index in [1.54, 1.807) is 0 Å². The fourth-order valence-electron chi connectivity index (χ4n) is 1.09. The fraction of sp³-hybridized carbons (Fsp3) is 0.714. The summed E-state index contributed by atoms with van der Waals surface area (Å²) in [5, 5.41) is 0. The van der Waals surface area contributed by atoms with Crippen molar-refractivity contribution in [1.82, 2.24) is 10.4 Å². The first-order chi connectivity index (χ1) is 6.24. The van der Waals surface area contributed by atoms with Crippen LogP contribution < -0.4 is 5.48 Å². The van der Waals surface area contributed by atoms with Crippen molar-refractivity contribution in [3.63, 3.8) is 0 Å². The van der Waals surface area contributed by atoms with Crippen molar-refractivity contribution in [1.29, 1.82) is 0 Å². The first-order valence-electron chi connectivity index (χ1n) is 4.03. The Morgan fingerprint density at radius 2 is 1.92 bits per heavy atom. The van der Waals surface area contributed by atoms with Gasteiger partial charge in [0.1, 0.15) is 0 Å². The molecule has 13 heavy (non-hydrogen) atoms. The van der Waals surface area contributed by atoms with Gasteiger partial charge < -0.3 is 14.5 Å². The zero-order valence-electron chi connectivity index (χ0n) is 7.41. The van der Waals surface area contributed by atoms with Gasteiger partial charge >= 0.3 is 12.2 Å². The lowest BCUT2D eigenvalue weighted by Crippen LogP contribution is -2.35. The van der Waals surface area contributed by atoms with Gasteiger partial charge in [-0.05, 0) is 12.8 Å². The van der Waals surface area contributed by atoms with Gasteiger partial charge in [-0.2, -0.15) is 0 Å². The van der Waals surface area contributed by atoms with Crippen LogP contribution in [-0.2, 0) is 9.57 Å². The number of carbonyl (C=O) groups is 2. The number of hydrogen-bond acceptors (Lipinski definition) is 4. The Kier molecular flexibility index (Phi) is 3.36. The van der Waals surface area contributed by atoms with Crippen LogP contribution in [0, 0.1) is 0 Å². The Labute approximate surface area is 75.7 Å². The second kappa shape index (κ2) is 4.54. The molecule has 0 saturated carbocycles. The van der Waals surface area contributed by atoms with Gasteiger partial charge in [-0.25, -0.2) is 9.59 Å². The lowest BCUT2D eigenvalue weighted by atomic mass is 10.4. The quantitative estimate of drug-likeness (QED) is 0.562. The van der Waals surface area contributed by atoms with Crippen LogP contribution in [0.25, 0.3) is 0 Å². The smallest absolute Gasteiger partial charge is 0.440 e. The van der Waals surface area contributed by atoms with E-state index in [9.17, 15) is 9.59 Å². The van der Waals surface area contributed by atoms with Crippen LogP contribution in [0.1, 0.15) is 12.8 Å². The normalized spacial score (nSPS) is 15.3. The monoisotopic (exact) mass is 188 g/mol. The van der Waals surface area contributed by atoms with Crippen LogP contribution in [0.4, 0.5) is 9.59 Å². The summed E-state index contributed by atoms with van der Waals surface area (Å²) in [6.07, 6.45) is 0.635. The lowest BCUT2D eigenvalue weighted by Gasteiger charge is -2.13. The number of hydroxylamine groups is 1. The topological polar surface area (TPSA) is 67.9 Å². The van der Waals surface area contributed by atoms with E-state index in [1.165, 1.54) is 12.0 Å². The molecule has 6 heteroatoms. The van der Waals surface area contributed by atoms with E-state index in [2.05, 4.69) is 9.57 Å². The number of ether oxygens (including phenoxy) is 1. The number of methoxy groups -OCH3 is 1. The standard InChI is InChI=1S/C7H12N2O4/c1-12-6(10)8-13-7(11)9-4-2-3-5-9/h2-5H2,1H3,(H,8,10). The first-order valence-corrected chi connectivity index (χ1v) is 4.03. The Morgan fingerprint density at radius 1 is 1.31 bits per heavy atom. The van der Waals surface area contributed by atoms with Gasteiger partial charge in [-0.1, -0.05) is 0 Å². The molecule has 0 aromatic carbocycles. The van der Waals surface area contributed by atoms with Gasteiger partial charge in [0.15, 0.2) is 0 Å². The minimum Gasteiger partial charge on any atom is -0.451 e. The van der Waals surface area contributed by atoms with Crippen molar-refractivity contribution in [3.05, 3.63) is 0 Å². The van der Waals surface area contributed by atoms with Crippen molar-refractivity contribution in [2.24, 2.45) is 0 Å². The molecular weight excluding hydrogens is 176 g/mol. The predicted molar refractivity (Wildman–Crippen MR) is 42.8 cm³/mol. The molecule has 0 radical (unpaired) electrons. The molecule has 0 unspecified atom stereocenters. The molecule has 0 aromatic rings. The lowest BCUT2D eigenvalue weighted by molar-refractivity contribution is 0.0526. The van der Waals surface area contributed by atoms with Gasteiger partial charge in [-0.15, -0.1) is 5.48 Å². The van der Waals surface area contributed by atoms with Gasteiger partial charge in [0.25, 0.3) is 0 Å². The van der Waals surface area contributed by atoms with E-state index in [-0.39, 0.29) is 0 Å². The van der Waals surface area contributed by atoms with Crippen molar-refractivity contribution < 1.29 is 19.2 Å². The molecule has 1 N–H and O–H groups in total. The number of amides is 2. The SMILES string of the molecule is COC(=O)NOC(=O)N1CCCC1. The molecule has 1 fully saturated rings. The Balaban J connectivity index is 2.20. The van der Waals surface area contributed by atoms with Gasteiger partial charge in [-0.3, -0.25) is 0 Å². The molecule has 0 aromatic heterocycles.